The van der Waals surface area contributed by atoms with Crippen molar-refractivity contribution < 1.29 is 18.7 Å². The SMILES string of the molecule is CN1CCSc2ccccc2-c2cc(c(F)cc2F)NSc2cc(cc(Cl)c2O)C1=O. The third-order valence-electron chi connectivity index (χ3n) is 4.81. The summed E-state index contributed by atoms with van der Waals surface area (Å²) in [6.45, 7) is 0.439. The Morgan fingerprint density at radius 1 is 1.06 bits per heavy atom. The minimum absolute atomic E-state index is 0.00918. The van der Waals surface area contributed by atoms with Crippen LogP contribution >= 0.6 is 35.3 Å². The average Bonchev–Trinajstić information content (AvgIpc) is 2.75. The van der Waals surface area contributed by atoms with Crippen LogP contribution in [-0.4, -0.2) is 35.3 Å². The number of benzene rings is 3. The minimum Gasteiger partial charge on any atom is -0.505 e. The Hall–Kier alpha value is -2.42. The second-order valence-electron chi connectivity index (χ2n) is 6.89. The molecule has 0 saturated carbocycles. The zero-order valence-corrected chi connectivity index (χ0v) is 18.7. The van der Waals surface area contributed by atoms with Gasteiger partial charge in [-0.15, -0.1) is 11.8 Å². The Labute approximate surface area is 191 Å². The fraction of sp³-hybridized carbons (Fsp3) is 0.136. The zero-order chi connectivity index (χ0) is 22.1. The normalized spacial score (nSPS) is 14.3. The third-order valence-corrected chi connectivity index (χ3v) is 7.01. The molecule has 1 heterocycles. The second kappa shape index (κ2) is 8.98. The number of anilines is 1. The van der Waals surface area contributed by atoms with Crippen molar-refractivity contribution in [3.63, 3.8) is 0 Å². The van der Waals surface area contributed by atoms with Gasteiger partial charge in [0.25, 0.3) is 5.91 Å². The fourth-order valence-electron chi connectivity index (χ4n) is 3.15. The van der Waals surface area contributed by atoms with Gasteiger partial charge in [-0.3, -0.25) is 4.79 Å². The predicted molar refractivity (Wildman–Crippen MR) is 122 cm³/mol. The summed E-state index contributed by atoms with van der Waals surface area (Å²) < 4.78 is 32.0. The highest BCUT2D eigenvalue weighted by Crippen LogP contribution is 2.39. The van der Waals surface area contributed by atoms with Gasteiger partial charge < -0.3 is 14.7 Å². The standard InChI is InChI=1S/C22H17ClF2N2O2S2/c1-27-6-7-30-19-5-3-2-4-13(19)14-10-18(17(25)11-16(14)24)26-31-20-9-12(22(27)29)8-15(23)21(20)28/h2-5,8-11,26,28H,6-7H2,1H3. The first kappa shape index (κ1) is 21.8. The molecule has 4 rings (SSSR count). The van der Waals surface area contributed by atoms with E-state index >= 15 is 0 Å². The van der Waals surface area contributed by atoms with Crippen LogP contribution in [0.15, 0.2) is 58.3 Å². The lowest BCUT2D eigenvalue weighted by Crippen LogP contribution is -2.29. The molecule has 160 valence electrons. The van der Waals surface area contributed by atoms with Gasteiger partial charge in [0.15, 0.2) is 0 Å². The molecule has 0 aliphatic carbocycles. The molecule has 31 heavy (non-hydrogen) atoms. The molecule has 0 unspecified atom stereocenters. The van der Waals surface area contributed by atoms with Crippen LogP contribution < -0.4 is 4.72 Å². The van der Waals surface area contributed by atoms with Crippen LogP contribution in [0, 0.1) is 11.6 Å². The first-order chi connectivity index (χ1) is 14.8. The lowest BCUT2D eigenvalue weighted by atomic mass is 10.0. The van der Waals surface area contributed by atoms with Crippen molar-refractivity contribution >= 4 is 46.9 Å². The number of fused-ring (bicyclic) bond motifs is 6. The van der Waals surface area contributed by atoms with E-state index in [4.69, 9.17) is 11.6 Å². The van der Waals surface area contributed by atoms with Crippen LogP contribution in [0.3, 0.4) is 0 Å². The quantitative estimate of drug-likeness (QED) is 0.372. The number of rotatable bonds is 0. The summed E-state index contributed by atoms with van der Waals surface area (Å²) in [5.41, 5.74) is 1.23. The lowest BCUT2D eigenvalue weighted by Gasteiger charge is -2.18. The molecule has 0 spiro atoms. The van der Waals surface area contributed by atoms with E-state index < -0.39 is 11.6 Å². The van der Waals surface area contributed by atoms with Gasteiger partial charge in [-0.05, 0) is 41.8 Å². The molecule has 4 nitrogen and oxygen atoms in total. The van der Waals surface area contributed by atoms with Crippen molar-refractivity contribution in [3.05, 3.63) is 70.8 Å². The van der Waals surface area contributed by atoms with Crippen LogP contribution in [0.4, 0.5) is 14.5 Å². The molecular weight excluding hydrogens is 462 g/mol. The van der Waals surface area contributed by atoms with Gasteiger partial charge in [-0.1, -0.05) is 29.8 Å². The molecule has 0 radical (unpaired) electrons. The minimum atomic E-state index is -0.777. The maximum absolute atomic E-state index is 14.7. The number of thioether (sulfide) groups is 1. The van der Waals surface area contributed by atoms with Crippen molar-refractivity contribution in [2.24, 2.45) is 0 Å². The lowest BCUT2D eigenvalue weighted by molar-refractivity contribution is 0.0803. The summed E-state index contributed by atoms with van der Waals surface area (Å²) in [7, 11) is 1.68. The van der Waals surface area contributed by atoms with E-state index in [0.717, 1.165) is 22.9 Å². The number of hydrogen-bond acceptors (Lipinski definition) is 5. The van der Waals surface area contributed by atoms with Gasteiger partial charge in [0.1, 0.15) is 17.4 Å². The average molecular weight is 479 g/mol. The van der Waals surface area contributed by atoms with E-state index in [1.807, 2.05) is 12.1 Å². The summed E-state index contributed by atoms with van der Waals surface area (Å²) >= 11 is 8.48. The van der Waals surface area contributed by atoms with Gasteiger partial charge in [0.2, 0.25) is 0 Å². The largest absolute Gasteiger partial charge is 0.505 e. The summed E-state index contributed by atoms with van der Waals surface area (Å²) in [5.74, 6) is -1.37. The van der Waals surface area contributed by atoms with E-state index in [1.54, 1.807) is 24.1 Å². The molecule has 9 heteroatoms. The fourth-order valence-corrected chi connectivity index (χ4v) is 5.29. The van der Waals surface area contributed by atoms with Crippen LogP contribution in [0.25, 0.3) is 11.1 Å². The Balaban J connectivity index is 1.84. The highest BCUT2D eigenvalue weighted by atomic mass is 35.5. The number of amides is 1. The van der Waals surface area contributed by atoms with Crippen molar-refractivity contribution in [1.82, 2.24) is 4.90 Å². The van der Waals surface area contributed by atoms with E-state index in [0.29, 0.717) is 23.4 Å². The number of carbonyl (C=O) groups excluding carboxylic acids is 1. The van der Waals surface area contributed by atoms with Crippen LogP contribution in [0.2, 0.25) is 5.02 Å². The topological polar surface area (TPSA) is 52.6 Å². The Morgan fingerprint density at radius 2 is 1.84 bits per heavy atom. The summed E-state index contributed by atoms with van der Waals surface area (Å²) in [6, 6.07) is 12.4. The first-order valence-corrected chi connectivity index (χ1v) is 11.4. The van der Waals surface area contributed by atoms with E-state index in [2.05, 4.69) is 4.72 Å². The molecule has 2 N–H and O–H groups in total. The molecule has 0 aromatic heterocycles. The number of carbonyl (C=O) groups is 1. The maximum Gasteiger partial charge on any atom is 0.253 e. The summed E-state index contributed by atoms with van der Waals surface area (Å²) in [5, 5.41) is 10.3. The predicted octanol–water partition coefficient (Wildman–Crippen LogP) is 6.29. The van der Waals surface area contributed by atoms with Crippen LogP contribution in [-0.2, 0) is 0 Å². The van der Waals surface area contributed by atoms with Crippen molar-refractivity contribution in [1.29, 1.82) is 0 Å². The van der Waals surface area contributed by atoms with Crippen LogP contribution in [0.1, 0.15) is 10.4 Å². The molecule has 3 aromatic rings. The Kier molecular flexibility index (Phi) is 6.31. The monoisotopic (exact) mass is 478 g/mol. The molecule has 0 fully saturated rings. The summed E-state index contributed by atoms with van der Waals surface area (Å²) in [6.07, 6.45) is 0. The number of nitrogens with one attached hydrogen (secondary N) is 1. The van der Waals surface area contributed by atoms with Crippen molar-refractivity contribution in [3.8, 4) is 16.9 Å². The van der Waals surface area contributed by atoms with E-state index in [1.165, 1.54) is 30.0 Å². The molecule has 0 saturated heterocycles. The molecular formula is C22H17ClF2N2O2S2. The van der Waals surface area contributed by atoms with Gasteiger partial charge in [0.05, 0.1) is 15.6 Å². The third kappa shape index (κ3) is 4.46. The number of hydrogen-bond donors (Lipinski definition) is 2. The first-order valence-electron chi connectivity index (χ1n) is 9.27. The van der Waals surface area contributed by atoms with Crippen LogP contribution in [0.5, 0.6) is 5.75 Å². The van der Waals surface area contributed by atoms with Gasteiger partial charge in [-0.2, -0.15) is 0 Å². The maximum atomic E-state index is 14.7. The number of aromatic hydroxyl groups is 1. The zero-order valence-electron chi connectivity index (χ0n) is 16.3. The van der Waals surface area contributed by atoms with Gasteiger partial charge in [0, 0.05) is 41.4 Å². The van der Waals surface area contributed by atoms with E-state index in [9.17, 15) is 18.7 Å². The second-order valence-corrected chi connectivity index (χ2v) is 9.28. The molecule has 3 aromatic carbocycles. The molecule has 1 aliphatic rings. The number of nitrogens with zero attached hydrogens (tertiary/aromatic N) is 1. The molecule has 4 bridgehead atoms. The summed E-state index contributed by atoms with van der Waals surface area (Å²) in [4.78, 5) is 15.5. The number of phenols is 1. The highest BCUT2D eigenvalue weighted by molar-refractivity contribution is 8.00. The molecule has 1 amide bonds. The smallest absolute Gasteiger partial charge is 0.253 e. The van der Waals surface area contributed by atoms with Crippen molar-refractivity contribution in [2.45, 2.75) is 9.79 Å². The van der Waals surface area contributed by atoms with E-state index in [-0.39, 0.29) is 32.8 Å². The number of halogens is 3. The van der Waals surface area contributed by atoms with Gasteiger partial charge in [-0.25, -0.2) is 8.78 Å². The van der Waals surface area contributed by atoms with Gasteiger partial charge >= 0.3 is 0 Å². The van der Waals surface area contributed by atoms with Crippen molar-refractivity contribution in [2.75, 3.05) is 24.1 Å². The molecule has 1 aliphatic heterocycles. The molecule has 0 atom stereocenters. The Bertz CT molecular complexity index is 1180. The number of phenolic OH excluding ortho intramolecular Hbond substituents is 1. The Morgan fingerprint density at radius 3 is 2.65 bits per heavy atom. The highest BCUT2D eigenvalue weighted by Gasteiger charge is 2.20.